The Balaban J connectivity index is 3.53. The molecule has 0 bridgehead atoms. The van der Waals surface area contributed by atoms with Gasteiger partial charge in [0.1, 0.15) is 9.26 Å². The van der Waals surface area contributed by atoms with E-state index in [0.717, 1.165) is 22.6 Å². The largest absolute Gasteiger partial charge is 0.433 e. The van der Waals surface area contributed by atoms with E-state index < -0.39 is 38.2 Å². The summed E-state index contributed by atoms with van der Waals surface area (Å²) in [5, 5.41) is 10.4. The maximum absolute atomic E-state index is 12.4. The van der Waals surface area contributed by atoms with Crippen molar-refractivity contribution in [3.05, 3.63) is 31.1 Å². The maximum atomic E-state index is 12.4. The lowest BCUT2D eigenvalue weighted by atomic mass is 10.2. The van der Waals surface area contributed by atoms with Gasteiger partial charge in [0.15, 0.2) is 5.69 Å². The van der Waals surface area contributed by atoms with E-state index in [1.807, 2.05) is 0 Å². The molecule has 0 aliphatic carbocycles. The van der Waals surface area contributed by atoms with E-state index in [1.165, 1.54) is 0 Å². The fraction of sp³-hybridized carbons (Fsp3) is 0.286. The van der Waals surface area contributed by atoms with Crippen molar-refractivity contribution in [1.29, 1.82) is 0 Å². The monoisotopic (exact) mass is 368 g/mol. The number of hydrogen-bond acceptors (Lipinski definition) is 3. The van der Waals surface area contributed by atoms with Crippen molar-refractivity contribution in [2.75, 3.05) is 0 Å². The molecule has 0 aliphatic rings. The molecule has 17 heavy (non-hydrogen) atoms. The molecule has 1 aromatic rings. The third-order valence-electron chi connectivity index (χ3n) is 1.70. The zero-order chi connectivity index (χ0) is 13.4. The maximum Gasteiger partial charge on any atom is 0.433 e. The Morgan fingerprint density at radius 1 is 1.41 bits per heavy atom. The van der Waals surface area contributed by atoms with Gasteiger partial charge in [-0.2, -0.15) is 13.2 Å². The first kappa shape index (κ1) is 14.0. The Labute approximate surface area is 104 Å². The lowest BCUT2D eigenvalue weighted by Gasteiger charge is -2.09. The molecule has 94 valence electrons. The van der Waals surface area contributed by atoms with Gasteiger partial charge in [-0.25, -0.2) is 13.8 Å². The molecular weight excluding hydrogens is 366 g/mol. The molecule has 0 aromatic carbocycles. The number of rotatable bonds is 2. The van der Waals surface area contributed by atoms with Crippen LogP contribution < -0.4 is 0 Å². The molecule has 0 spiro atoms. The van der Waals surface area contributed by atoms with Crippen molar-refractivity contribution in [2.45, 2.75) is 12.6 Å². The third-order valence-corrected chi connectivity index (χ3v) is 2.52. The Hall–Kier alpha value is -1.07. The normalized spacial score (nSPS) is 11.9. The van der Waals surface area contributed by atoms with E-state index in [1.54, 1.807) is 0 Å². The molecule has 10 heteroatoms. The molecule has 0 atom stereocenters. The molecule has 0 N–H and O–H groups in total. The van der Waals surface area contributed by atoms with Crippen LogP contribution in [0.2, 0.25) is 0 Å². The smallest absolute Gasteiger partial charge is 0.258 e. The first-order valence-corrected chi connectivity index (χ1v) is 4.92. The molecule has 0 amide bonds. The molecule has 0 fully saturated rings. The molecule has 1 aromatic heterocycles. The van der Waals surface area contributed by atoms with Crippen LogP contribution >= 0.6 is 22.6 Å². The number of nitrogens with zero attached hydrogens (tertiary/aromatic N) is 2. The first-order chi connectivity index (χ1) is 7.64. The van der Waals surface area contributed by atoms with E-state index in [2.05, 4.69) is 4.98 Å². The lowest BCUT2D eigenvalue weighted by Crippen LogP contribution is -2.12. The van der Waals surface area contributed by atoms with Gasteiger partial charge in [0.25, 0.3) is 12.1 Å². The standard InChI is InChI=1S/C7H2F5IN2O2/c8-5(9)4-2(15(16)17)1-3(7(10,11)12)14-6(4)13/h1,5H. The Bertz CT molecular complexity index is 462. The van der Waals surface area contributed by atoms with Crippen LogP contribution in [0, 0.1) is 13.8 Å². The van der Waals surface area contributed by atoms with Crippen LogP contribution in [-0.4, -0.2) is 9.91 Å². The van der Waals surface area contributed by atoms with Crippen molar-refractivity contribution < 1.29 is 26.9 Å². The van der Waals surface area contributed by atoms with E-state index in [0.29, 0.717) is 0 Å². The van der Waals surface area contributed by atoms with Crippen LogP contribution in [0.25, 0.3) is 0 Å². The van der Waals surface area contributed by atoms with Gasteiger partial charge < -0.3 is 0 Å². The SMILES string of the molecule is O=[N+]([O-])c1cc(C(F)(F)F)nc(I)c1C(F)F. The molecular formula is C7H2F5IN2O2. The first-order valence-electron chi connectivity index (χ1n) is 3.84. The summed E-state index contributed by atoms with van der Waals surface area (Å²) in [5.41, 5.74) is -3.96. The summed E-state index contributed by atoms with van der Waals surface area (Å²) in [6.07, 6.45) is -8.19. The van der Waals surface area contributed by atoms with Gasteiger partial charge in [-0.3, -0.25) is 10.1 Å². The van der Waals surface area contributed by atoms with Gasteiger partial charge in [-0.05, 0) is 22.6 Å². The Kier molecular flexibility index (Phi) is 3.84. The summed E-state index contributed by atoms with van der Waals surface area (Å²) in [6, 6.07) is 0.00363. The minimum Gasteiger partial charge on any atom is -0.258 e. The van der Waals surface area contributed by atoms with Gasteiger partial charge in [0.2, 0.25) is 0 Å². The number of hydrogen-bond donors (Lipinski definition) is 0. The topological polar surface area (TPSA) is 56.0 Å². The zero-order valence-electron chi connectivity index (χ0n) is 7.63. The van der Waals surface area contributed by atoms with Gasteiger partial charge >= 0.3 is 6.18 Å². The van der Waals surface area contributed by atoms with Gasteiger partial charge in [-0.15, -0.1) is 0 Å². The van der Waals surface area contributed by atoms with E-state index in [-0.39, 0.29) is 6.07 Å². The second-order valence-electron chi connectivity index (χ2n) is 2.79. The third kappa shape index (κ3) is 2.98. The average Bonchev–Trinajstić information content (AvgIpc) is 2.13. The predicted octanol–water partition coefficient (Wildman–Crippen LogP) is 3.55. The van der Waals surface area contributed by atoms with Crippen LogP contribution in [0.15, 0.2) is 6.07 Å². The fourth-order valence-electron chi connectivity index (χ4n) is 1.01. The molecule has 4 nitrogen and oxygen atoms in total. The lowest BCUT2D eigenvalue weighted by molar-refractivity contribution is -0.386. The number of alkyl halides is 5. The highest BCUT2D eigenvalue weighted by Gasteiger charge is 2.37. The minimum absolute atomic E-state index is 0.00363. The molecule has 0 unspecified atom stereocenters. The molecule has 0 radical (unpaired) electrons. The van der Waals surface area contributed by atoms with Gasteiger partial charge in [-0.1, -0.05) is 0 Å². The van der Waals surface area contributed by atoms with Crippen LogP contribution in [0.5, 0.6) is 0 Å². The van der Waals surface area contributed by atoms with Gasteiger partial charge in [0.05, 0.1) is 4.92 Å². The van der Waals surface area contributed by atoms with Crippen molar-refractivity contribution in [3.63, 3.8) is 0 Å². The summed E-state index contributed by atoms with van der Waals surface area (Å²) in [5.74, 6) is 0. The van der Waals surface area contributed by atoms with Crippen molar-refractivity contribution in [1.82, 2.24) is 4.98 Å². The highest BCUT2D eigenvalue weighted by molar-refractivity contribution is 14.1. The quantitative estimate of drug-likeness (QED) is 0.264. The second kappa shape index (κ2) is 4.66. The molecule has 0 aliphatic heterocycles. The second-order valence-corrected chi connectivity index (χ2v) is 3.81. The van der Waals surface area contributed by atoms with Crippen molar-refractivity contribution in [3.8, 4) is 0 Å². The van der Waals surface area contributed by atoms with Crippen LogP contribution in [0.3, 0.4) is 0 Å². The summed E-state index contributed by atoms with van der Waals surface area (Å²) in [7, 11) is 0. The summed E-state index contributed by atoms with van der Waals surface area (Å²) in [6.45, 7) is 0. The summed E-state index contributed by atoms with van der Waals surface area (Å²) in [4.78, 5) is 12.0. The number of nitro groups is 1. The minimum atomic E-state index is -4.93. The van der Waals surface area contributed by atoms with E-state index >= 15 is 0 Å². The number of pyridine rings is 1. The Morgan fingerprint density at radius 3 is 2.29 bits per heavy atom. The summed E-state index contributed by atoms with van der Waals surface area (Å²) >= 11 is 1.10. The van der Waals surface area contributed by atoms with Crippen LogP contribution in [0.1, 0.15) is 17.7 Å². The molecule has 1 heterocycles. The van der Waals surface area contributed by atoms with E-state index in [4.69, 9.17) is 0 Å². The van der Waals surface area contributed by atoms with Crippen molar-refractivity contribution in [2.24, 2.45) is 0 Å². The van der Waals surface area contributed by atoms with Crippen molar-refractivity contribution >= 4 is 28.3 Å². The molecule has 1 rings (SSSR count). The highest BCUT2D eigenvalue weighted by atomic mass is 127. The van der Waals surface area contributed by atoms with Crippen LogP contribution in [0.4, 0.5) is 27.6 Å². The average molecular weight is 368 g/mol. The number of halogens is 6. The van der Waals surface area contributed by atoms with E-state index in [9.17, 15) is 32.1 Å². The van der Waals surface area contributed by atoms with Gasteiger partial charge in [0, 0.05) is 6.07 Å². The highest BCUT2D eigenvalue weighted by Crippen LogP contribution is 2.37. The summed E-state index contributed by atoms with van der Waals surface area (Å²) < 4.78 is 61.0. The molecule has 0 saturated heterocycles. The zero-order valence-corrected chi connectivity index (χ0v) is 9.79. The number of aromatic nitrogens is 1. The Morgan fingerprint density at radius 2 is 1.94 bits per heavy atom. The fourth-order valence-corrected chi connectivity index (χ4v) is 1.78. The predicted molar refractivity (Wildman–Crippen MR) is 53.6 cm³/mol. The molecule has 0 saturated carbocycles. The van der Waals surface area contributed by atoms with Crippen LogP contribution in [-0.2, 0) is 6.18 Å².